The Bertz CT molecular complexity index is 1460. The van der Waals surface area contributed by atoms with Crippen molar-refractivity contribution in [2.75, 3.05) is 7.11 Å². The number of ether oxygens (including phenoxy) is 1. The fraction of sp³-hybridized carbons (Fsp3) is 0.207. The zero-order chi connectivity index (χ0) is 25.9. The Morgan fingerprint density at radius 2 is 1.86 bits per heavy atom. The van der Waals surface area contributed by atoms with Gasteiger partial charge in [0.05, 0.1) is 25.3 Å². The van der Waals surface area contributed by atoms with Crippen molar-refractivity contribution in [3.8, 4) is 17.1 Å². The average Bonchev–Trinajstić information content (AvgIpc) is 3.40. The Balaban J connectivity index is 1.59. The number of hydrogen-bond acceptors (Lipinski definition) is 5. The Hall–Kier alpha value is -4.46. The summed E-state index contributed by atoms with van der Waals surface area (Å²) < 4.78 is 25.4. The first kappa shape index (κ1) is 24.2. The van der Waals surface area contributed by atoms with Gasteiger partial charge in [0.1, 0.15) is 11.6 Å². The molecule has 0 bridgehead atoms. The number of halogens is 1. The number of aromatic nitrogens is 2. The van der Waals surface area contributed by atoms with Gasteiger partial charge in [-0.25, -0.2) is 9.18 Å². The number of nitrogens with one attached hydrogen (secondary N) is 1. The van der Waals surface area contributed by atoms with Crippen molar-refractivity contribution in [2.24, 2.45) is 0 Å². The minimum Gasteiger partial charge on any atom is -0.496 e. The SMILES string of the molecule is CCc1ccc(-c2noc(C3=C(C)N(Cc4ccccc4OC)C(=O)NC3c3cccc(F)c3)n2)cc1. The summed E-state index contributed by atoms with van der Waals surface area (Å²) in [6, 6.07) is 20.6. The Labute approximate surface area is 214 Å². The van der Waals surface area contributed by atoms with Crippen molar-refractivity contribution in [3.63, 3.8) is 0 Å². The van der Waals surface area contributed by atoms with E-state index in [9.17, 15) is 9.18 Å². The summed E-state index contributed by atoms with van der Waals surface area (Å²) in [6.07, 6.45) is 0.931. The van der Waals surface area contributed by atoms with E-state index < -0.39 is 11.9 Å². The number of rotatable bonds is 7. The van der Waals surface area contributed by atoms with Gasteiger partial charge in [0.15, 0.2) is 0 Å². The van der Waals surface area contributed by atoms with Crippen molar-refractivity contribution < 1.29 is 18.4 Å². The molecule has 8 heteroatoms. The monoisotopic (exact) mass is 498 g/mol. The highest BCUT2D eigenvalue weighted by Crippen LogP contribution is 2.38. The molecule has 1 aliphatic rings. The van der Waals surface area contributed by atoms with Crippen LogP contribution in [-0.4, -0.2) is 28.2 Å². The maximum atomic E-state index is 14.2. The molecule has 1 atom stereocenters. The van der Waals surface area contributed by atoms with Gasteiger partial charge >= 0.3 is 6.03 Å². The van der Waals surface area contributed by atoms with E-state index in [0.29, 0.717) is 28.4 Å². The van der Waals surface area contributed by atoms with Crippen LogP contribution in [0.25, 0.3) is 17.0 Å². The van der Waals surface area contributed by atoms with E-state index in [-0.39, 0.29) is 18.5 Å². The summed E-state index contributed by atoms with van der Waals surface area (Å²) in [5.41, 5.74) is 4.67. The highest BCUT2D eigenvalue weighted by molar-refractivity contribution is 5.87. The molecule has 0 radical (unpaired) electrons. The molecular weight excluding hydrogens is 471 g/mol. The first-order chi connectivity index (χ1) is 18.0. The third kappa shape index (κ3) is 4.82. The van der Waals surface area contributed by atoms with E-state index in [1.807, 2.05) is 55.5 Å². The summed E-state index contributed by atoms with van der Waals surface area (Å²) in [5.74, 6) is 0.963. The number of carbonyl (C=O) groups is 1. The molecule has 1 N–H and O–H groups in total. The second-order valence-electron chi connectivity index (χ2n) is 8.81. The third-order valence-corrected chi connectivity index (χ3v) is 6.58. The standard InChI is InChI=1S/C29H27FN4O3/c1-4-19-12-14-20(15-13-19)27-32-28(37-33-27)25-18(2)34(17-22-8-5-6-11-24(22)36-3)29(35)31-26(25)21-9-7-10-23(30)16-21/h5-16,26H,4,17H2,1-3H3,(H,31,35). The van der Waals surface area contributed by atoms with E-state index in [1.165, 1.54) is 17.7 Å². The molecule has 4 aromatic rings. The lowest BCUT2D eigenvalue weighted by Crippen LogP contribution is -2.45. The number of allylic oxidation sites excluding steroid dienone is 1. The number of hydrogen-bond donors (Lipinski definition) is 1. The summed E-state index contributed by atoms with van der Waals surface area (Å²) in [4.78, 5) is 19.6. The fourth-order valence-corrected chi connectivity index (χ4v) is 4.53. The lowest BCUT2D eigenvalue weighted by Gasteiger charge is -2.35. The van der Waals surface area contributed by atoms with E-state index in [2.05, 4.69) is 22.4 Å². The number of aryl methyl sites for hydroxylation is 1. The summed E-state index contributed by atoms with van der Waals surface area (Å²) in [5, 5.41) is 7.21. The Morgan fingerprint density at radius 1 is 1.08 bits per heavy atom. The highest BCUT2D eigenvalue weighted by Gasteiger charge is 2.36. The van der Waals surface area contributed by atoms with Crippen LogP contribution in [0.1, 0.15) is 42.5 Å². The lowest BCUT2D eigenvalue weighted by atomic mass is 9.94. The predicted octanol–water partition coefficient (Wildman–Crippen LogP) is 6.14. The van der Waals surface area contributed by atoms with Crippen molar-refractivity contribution in [2.45, 2.75) is 32.9 Å². The quantitative estimate of drug-likeness (QED) is 0.331. The van der Waals surface area contributed by atoms with Crippen LogP contribution in [0.2, 0.25) is 0 Å². The number of carbonyl (C=O) groups excluding carboxylic acids is 1. The number of nitrogens with zero attached hydrogens (tertiary/aromatic N) is 3. The van der Waals surface area contributed by atoms with Crippen LogP contribution >= 0.6 is 0 Å². The summed E-state index contributed by atoms with van der Waals surface area (Å²) in [7, 11) is 1.59. The minimum atomic E-state index is -0.673. The largest absolute Gasteiger partial charge is 0.496 e. The lowest BCUT2D eigenvalue weighted by molar-refractivity contribution is 0.202. The van der Waals surface area contributed by atoms with E-state index in [1.54, 1.807) is 24.1 Å². The van der Waals surface area contributed by atoms with Crippen LogP contribution in [-0.2, 0) is 13.0 Å². The van der Waals surface area contributed by atoms with Crippen molar-refractivity contribution in [1.29, 1.82) is 0 Å². The van der Waals surface area contributed by atoms with Gasteiger partial charge in [0.25, 0.3) is 5.89 Å². The van der Waals surface area contributed by atoms with Gasteiger partial charge in [0.2, 0.25) is 5.82 Å². The Kier molecular flexibility index (Phi) is 6.72. The topological polar surface area (TPSA) is 80.5 Å². The van der Waals surface area contributed by atoms with Crippen molar-refractivity contribution in [3.05, 3.63) is 107 Å². The van der Waals surface area contributed by atoms with E-state index in [4.69, 9.17) is 9.26 Å². The molecule has 3 aromatic carbocycles. The van der Waals surface area contributed by atoms with Crippen LogP contribution in [0.5, 0.6) is 5.75 Å². The smallest absolute Gasteiger partial charge is 0.322 e. The van der Waals surface area contributed by atoms with Gasteiger partial charge in [0, 0.05) is 16.8 Å². The van der Waals surface area contributed by atoms with Crippen molar-refractivity contribution >= 4 is 11.6 Å². The molecule has 188 valence electrons. The summed E-state index contributed by atoms with van der Waals surface area (Å²) in [6.45, 7) is 4.19. The maximum Gasteiger partial charge on any atom is 0.322 e. The van der Waals surface area contributed by atoms with Gasteiger partial charge in [-0.3, -0.25) is 4.90 Å². The number of amides is 2. The van der Waals surface area contributed by atoms with Crippen LogP contribution in [0.3, 0.4) is 0 Å². The molecule has 2 heterocycles. The first-order valence-electron chi connectivity index (χ1n) is 12.1. The molecule has 1 aliphatic heterocycles. The second-order valence-corrected chi connectivity index (χ2v) is 8.81. The van der Waals surface area contributed by atoms with Gasteiger partial charge in [-0.1, -0.05) is 66.7 Å². The van der Waals surface area contributed by atoms with Crippen LogP contribution in [0.4, 0.5) is 9.18 Å². The van der Waals surface area contributed by atoms with Crippen molar-refractivity contribution in [1.82, 2.24) is 20.4 Å². The first-order valence-corrected chi connectivity index (χ1v) is 12.1. The van der Waals surface area contributed by atoms with Crippen LogP contribution in [0, 0.1) is 5.82 Å². The molecule has 7 nitrogen and oxygen atoms in total. The number of methoxy groups -OCH3 is 1. The molecule has 0 aliphatic carbocycles. The number of benzene rings is 3. The highest BCUT2D eigenvalue weighted by atomic mass is 19.1. The molecule has 1 unspecified atom stereocenters. The van der Waals surface area contributed by atoms with E-state index in [0.717, 1.165) is 17.5 Å². The Morgan fingerprint density at radius 3 is 2.59 bits per heavy atom. The minimum absolute atomic E-state index is 0.256. The second kappa shape index (κ2) is 10.3. The molecule has 5 rings (SSSR count). The van der Waals surface area contributed by atoms with Gasteiger partial charge in [-0.2, -0.15) is 4.98 Å². The molecule has 0 saturated carbocycles. The average molecular weight is 499 g/mol. The molecule has 1 aromatic heterocycles. The van der Waals surface area contributed by atoms with Gasteiger partial charge in [-0.15, -0.1) is 0 Å². The molecule has 0 spiro atoms. The number of urea groups is 1. The summed E-state index contributed by atoms with van der Waals surface area (Å²) >= 11 is 0. The molecule has 0 saturated heterocycles. The molecule has 2 amide bonds. The van der Waals surface area contributed by atoms with Gasteiger partial charge in [-0.05, 0) is 42.7 Å². The number of para-hydroxylation sites is 1. The maximum absolute atomic E-state index is 14.2. The van der Waals surface area contributed by atoms with Crippen LogP contribution < -0.4 is 10.1 Å². The molecule has 0 fully saturated rings. The third-order valence-electron chi connectivity index (χ3n) is 6.58. The normalized spacial score (nSPS) is 15.6. The fourth-order valence-electron chi connectivity index (χ4n) is 4.53. The zero-order valence-corrected chi connectivity index (χ0v) is 20.9. The van der Waals surface area contributed by atoms with E-state index >= 15 is 0 Å². The predicted molar refractivity (Wildman–Crippen MR) is 138 cm³/mol. The zero-order valence-electron chi connectivity index (χ0n) is 20.9. The van der Waals surface area contributed by atoms with Gasteiger partial charge < -0.3 is 14.6 Å². The molecular formula is C29H27FN4O3. The molecule has 37 heavy (non-hydrogen) atoms. The van der Waals surface area contributed by atoms with Crippen LogP contribution in [0.15, 0.2) is 83.0 Å².